The molecule has 6 heavy (non-hydrogen) atoms. The van der Waals surface area contributed by atoms with Crippen LogP contribution in [0.15, 0.2) is 0 Å². The molecule has 0 heterocycles. The Morgan fingerprint density at radius 3 is 1.00 bits per heavy atom. The van der Waals surface area contributed by atoms with Crippen LogP contribution in [0.4, 0.5) is 10.6 Å². The summed E-state index contributed by atoms with van der Waals surface area (Å²) < 4.78 is 29.4. The molecule has 34 valence electrons. The molecule has 0 aromatic rings. The standard InChI is InChI=1S/2Al.Ca.3FH.5H/h;;;3*1H;;;;;/q;+3;;;;;;;;;/p-3. The molecule has 0 aliphatic carbocycles. The van der Waals surface area contributed by atoms with E-state index in [0.29, 0.717) is 0 Å². The summed E-state index contributed by atoms with van der Waals surface area (Å²) in [6.07, 6.45) is 0. The molecule has 6 heteroatoms. The molecule has 0 saturated carbocycles. The molecule has 0 nitrogen and oxygen atoms in total. The number of hydrogen-bond acceptors (Lipinski definition) is 0. The maximum absolute atomic E-state index is 9.81. The van der Waals surface area contributed by atoms with E-state index in [1.807, 2.05) is 0 Å². The fraction of sp³-hybridized carbons (Fsp3) is 0. The van der Waals surface area contributed by atoms with Crippen molar-refractivity contribution < 1.29 is 10.6 Å². The summed E-state index contributed by atoms with van der Waals surface area (Å²) in [5.41, 5.74) is 0. The monoisotopic (exact) mass is 156 g/mol. The van der Waals surface area contributed by atoms with E-state index in [2.05, 4.69) is 0 Å². The molecular formula is H5Al2CaF3. The number of rotatable bonds is 0. The van der Waals surface area contributed by atoms with Crippen LogP contribution < -0.4 is 0 Å². The third-order valence-electron chi connectivity index (χ3n) is 0. The van der Waals surface area contributed by atoms with Crippen LogP contribution in [0.3, 0.4) is 0 Å². The second kappa shape index (κ2) is 10.2. The largest absolute Gasteiger partial charge is 1.04 e. The predicted octanol–water partition coefficient (Wildman–Crippen LogP) is -1.22. The maximum Gasteiger partial charge on any atom is 1.04 e. The average Bonchev–Trinajstić information content (AvgIpc) is 0.811. The minimum absolute atomic E-state index is 0. The van der Waals surface area contributed by atoms with Crippen LogP contribution in [0, 0.1) is 0 Å². The summed E-state index contributed by atoms with van der Waals surface area (Å²) in [5.74, 6) is 0. The third kappa shape index (κ3) is 35.8. The van der Waals surface area contributed by atoms with E-state index in [4.69, 9.17) is 0 Å². The van der Waals surface area contributed by atoms with Crippen molar-refractivity contribution in [2.75, 3.05) is 0 Å². The minimum atomic E-state index is -4.64. The Kier molecular flexibility index (Phi) is 26.6. The first-order valence-electron chi connectivity index (χ1n) is 0.655. The third-order valence-corrected chi connectivity index (χ3v) is 0. The summed E-state index contributed by atoms with van der Waals surface area (Å²) in [7, 11) is 0. The van der Waals surface area contributed by atoms with Crippen molar-refractivity contribution in [1.82, 2.24) is 0 Å². The molecule has 0 radical (unpaired) electrons. The molecule has 0 spiro atoms. The Hall–Kier alpha value is 2.11. The molecule has 0 N–H and O–H groups in total. The van der Waals surface area contributed by atoms with Gasteiger partial charge in [0, 0.05) is 0 Å². The summed E-state index contributed by atoms with van der Waals surface area (Å²) >= 11 is -4.64. The van der Waals surface area contributed by atoms with E-state index in [0.717, 1.165) is 0 Å². The molecule has 0 aromatic heterocycles. The summed E-state index contributed by atoms with van der Waals surface area (Å²) in [4.78, 5) is 0. The van der Waals surface area contributed by atoms with Crippen molar-refractivity contribution in [3.63, 3.8) is 0 Å². The molecule has 0 aliphatic rings. The van der Waals surface area contributed by atoms with Gasteiger partial charge >= 0.3 is 53.3 Å². The average molecular weight is 156 g/mol. The van der Waals surface area contributed by atoms with Crippen LogP contribution in [0.2, 0.25) is 0 Å². The summed E-state index contributed by atoms with van der Waals surface area (Å²) in [6, 6.07) is 0. The van der Waals surface area contributed by atoms with Crippen LogP contribution in [0.25, 0.3) is 0 Å². The van der Waals surface area contributed by atoms with Crippen molar-refractivity contribution in [2.45, 2.75) is 0 Å². The van der Waals surface area contributed by atoms with Crippen LogP contribution in [-0.4, -0.2) is 70.6 Å². The van der Waals surface area contributed by atoms with Gasteiger partial charge in [-0.3, -0.25) is 0 Å². The first kappa shape index (κ1) is 15.7. The fourth-order valence-electron chi connectivity index (χ4n) is 0. The van der Waals surface area contributed by atoms with Gasteiger partial charge < -0.3 is 10.6 Å². The van der Waals surface area contributed by atoms with Gasteiger partial charge in [0.15, 0.2) is 17.4 Å². The molecule has 0 fully saturated rings. The van der Waals surface area contributed by atoms with Gasteiger partial charge in [-0.25, -0.2) is 0 Å². The van der Waals surface area contributed by atoms with E-state index in [1.54, 1.807) is 0 Å². The minimum Gasteiger partial charge on any atom is -0.346 e. The quantitative estimate of drug-likeness (QED) is 0.386. The van der Waals surface area contributed by atoms with Crippen molar-refractivity contribution >= 4 is 70.6 Å². The Labute approximate surface area is 80.0 Å². The molecule has 0 aliphatic heterocycles. The number of halogens is 3. The second-order valence-corrected chi connectivity index (χ2v) is 0.742. The van der Waals surface area contributed by atoms with Gasteiger partial charge in [-0.15, -0.1) is 0 Å². The van der Waals surface area contributed by atoms with Crippen molar-refractivity contribution in [3.05, 3.63) is 0 Å². The van der Waals surface area contributed by atoms with Crippen molar-refractivity contribution in [2.24, 2.45) is 0 Å². The first-order chi connectivity index (χ1) is 1.73. The van der Waals surface area contributed by atoms with E-state index >= 15 is 0 Å². The van der Waals surface area contributed by atoms with E-state index in [9.17, 15) is 10.6 Å². The van der Waals surface area contributed by atoms with E-state index in [-0.39, 0.29) is 55.1 Å². The van der Waals surface area contributed by atoms with E-state index in [1.165, 1.54) is 0 Å². The molecule has 0 amide bonds. The molecule has 0 saturated heterocycles. The van der Waals surface area contributed by atoms with Crippen LogP contribution >= 0.6 is 0 Å². The maximum atomic E-state index is 9.81. The molecule has 0 bridgehead atoms. The topological polar surface area (TPSA) is 0 Å². The van der Waals surface area contributed by atoms with E-state index < -0.39 is 15.5 Å². The Balaban J connectivity index is -0.0000000450. The van der Waals surface area contributed by atoms with Gasteiger partial charge in [0.1, 0.15) is 0 Å². The van der Waals surface area contributed by atoms with Gasteiger partial charge in [-0.1, -0.05) is 0 Å². The zero-order valence-electron chi connectivity index (χ0n) is 1.71. The zero-order chi connectivity index (χ0) is 3.58. The summed E-state index contributed by atoms with van der Waals surface area (Å²) in [5, 5.41) is 0. The Morgan fingerprint density at radius 1 is 1.00 bits per heavy atom. The van der Waals surface area contributed by atoms with Crippen molar-refractivity contribution in [3.8, 4) is 0 Å². The summed E-state index contributed by atoms with van der Waals surface area (Å²) in [6.45, 7) is 0. The smallest absolute Gasteiger partial charge is 0.346 e. The normalized spacial score (nSPS) is 4.50. The first-order valence-corrected chi connectivity index (χ1v) is 1.96. The number of hydrogen-bond donors (Lipinski definition) is 0. The van der Waals surface area contributed by atoms with Crippen LogP contribution in [-0.2, 0) is 0 Å². The SMILES string of the molecule is [AlH3].[CaH2].[F][Al]([F])[F]. The Morgan fingerprint density at radius 2 is 1.00 bits per heavy atom. The van der Waals surface area contributed by atoms with Crippen LogP contribution in [0.5, 0.6) is 0 Å². The van der Waals surface area contributed by atoms with Gasteiger partial charge in [0.25, 0.3) is 0 Å². The van der Waals surface area contributed by atoms with Gasteiger partial charge in [0.05, 0.1) is 0 Å². The van der Waals surface area contributed by atoms with Crippen LogP contribution in [0.1, 0.15) is 0 Å². The fourth-order valence-corrected chi connectivity index (χ4v) is 0. The molecule has 0 rings (SSSR count). The van der Waals surface area contributed by atoms with Gasteiger partial charge in [0.2, 0.25) is 0 Å². The predicted molar refractivity (Wildman–Crippen MR) is 27.6 cm³/mol. The van der Waals surface area contributed by atoms with Crippen molar-refractivity contribution in [1.29, 1.82) is 0 Å². The molecule has 0 unspecified atom stereocenters. The second-order valence-electron chi connectivity index (χ2n) is 0.247. The van der Waals surface area contributed by atoms with Gasteiger partial charge in [-0.2, -0.15) is 0 Å². The zero-order valence-corrected chi connectivity index (χ0v) is 2.87. The molecular weight excluding hydrogens is 151 g/mol. The molecule has 0 aromatic carbocycles. The Bertz CT molecular complexity index is 13.5. The molecule has 0 atom stereocenters. The van der Waals surface area contributed by atoms with Gasteiger partial charge in [-0.05, 0) is 0 Å².